The third-order valence-corrected chi connectivity index (χ3v) is 8.49. The highest BCUT2D eigenvalue weighted by Gasteiger charge is 2.41. The standard InChI is InChI=1S/C13H26O2Si/c1-10-8-7-9-11(12(10)14)15-16(5,6)13(2,3)4/h8,11-12,14H,7,9H2,1-6H3/t11-,12+/m1/s1. The Morgan fingerprint density at radius 3 is 2.44 bits per heavy atom. The number of hydrogen-bond donors (Lipinski definition) is 1. The molecule has 0 spiro atoms. The fraction of sp³-hybridized carbons (Fsp3) is 0.846. The predicted molar refractivity (Wildman–Crippen MR) is 71.1 cm³/mol. The topological polar surface area (TPSA) is 29.5 Å². The molecular weight excluding hydrogens is 216 g/mol. The van der Waals surface area contributed by atoms with E-state index in [1.807, 2.05) is 6.92 Å². The molecule has 0 aromatic rings. The van der Waals surface area contributed by atoms with Crippen molar-refractivity contribution in [1.29, 1.82) is 0 Å². The van der Waals surface area contributed by atoms with Crippen LogP contribution in [0, 0.1) is 0 Å². The van der Waals surface area contributed by atoms with E-state index < -0.39 is 14.4 Å². The quantitative estimate of drug-likeness (QED) is 0.593. The van der Waals surface area contributed by atoms with Crippen LogP contribution in [-0.4, -0.2) is 25.6 Å². The lowest BCUT2D eigenvalue weighted by molar-refractivity contribution is 0.0394. The molecule has 0 aliphatic heterocycles. The van der Waals surface area contributed by atoms with Gasteiger partial charge in [-0.1, -0.05) is 26.8 Å². The maximum atomic E-state index is 10.1. The van der Waals surface area contributed by atoms with Crippen molar-refractivity contribution in [3.8, 4) is 0 Å². The molecule has 0 saturated heterocycles. The van der Waals surface area contributed by atoms with E-state index in [0.717, 1.165) is 18.4 Å². The van der Waals surface area contributed by atoms with Crippen molar-refractivity contribution >= 4 is 8.32 Å². The molecule has 94 valence electrons. The molecule has 2 atom stereocenters. The maximum absolute atomic E-state index is 10.1. The summed E-state index contributed by atoms with van der Waals surface area (Å²) in [6.45, 7) is 13.2. The molecule has 1 aliphatic rings. The fourth-order valence-corrected chi connectivity index (χ4v) is 3.08. The van der Waals surface area contributed by atoms with Crippen molar-refractivity contribution in [3.63, 3.8) is 0 Å². The molecule has 0 saturated carbocycles. The van der Waals surface area contributed by atoms with Crippen molar-refractivity contribution in [1.82, 2.24) is 0 Å². The summed E-state index contributed by atoms with van der Waals surface area (Å²) in [7, 11) is -1.75. The van der Waals surface area contributed by atoms with Crippen LogP contribution in [0.15, 0.2) is 11.6 Å². The summed E-state index contributed by atoms with van der Waals surface area (Å²) in [5, 5.41) is 10.3. The first-order chi connectivity index (χ1) is 7.15. The minimum Gasteiger partial charge on any atom is -0.411 e. The molecule has 2 nitrogen and oxygen atoms in total. The normalized spacial score (nSPS) is 27.8. The van der Waals surface area contributed by atoms with Crippen LogP contribution in [0.3, 0.4) is 0 Å². The van der Waals surface area contributed by atoms with Gasteiger partial charge in [-0.25, -0.2) is 0 Å². The van der Waals surface area contributed by atoms with Crippen LogP contribution in [-0.2, 0) is 4.43 Å². The molecule has 0 heterocycles. The monoisotopic (exact) mass is 242 g/mol. The predicted octanol–water partition coefficient (Wildman–Crippen LogP) is 3.48. The van der Waals surface area contributed by atoms with Gasteiger partial charge < -0.3 is 9.53 Å². The van der Waals surface area contributed by atoms with Crippen molar-refractivity contribution in [2.24, 2.45) is 0 Å². The Kier molecular flexibility index (Phi) is 4.03. The molecule has 1 aliphatic carbocycles. The van der Waals surface area contributed by atoms with Crippen LogP contribution in [0.4, 0.5) is 0 Å². The lowest BCUT2D eigenvalue weighted by Gasteiger charge is -2.41. The Bertz CT molecular complexity index is 276. The van der Waals surface area contributed by atoms with Crippen LogP contribution < -0.4 is 0 Å². The molecule has 0 radical (unpaired) electrons. The van der Waals surface area contributed by atoms with E-state index in [-0.39, 0.29) is 11.1 Å². The molecule has 0 aromatic heterocycles. The van der Waals surface area contributed by atoms with Crippen LogP contribution in [0.2, 0.25) is 18.1 Å². The first-order valence-electron chi connectivity index (χ1n) is 6.18. The number of allylic oxidation sites excluding steroid dienone is 1. The molecule has 16 heavy (non-hydrogen) atoms. The zero-order chi connectivity index (χ0) is 12.6. The number of rotatable bonds is 2. The second-order valence-electron chi connectivity index (χ2n) is 6.39. The minimum absolute atomic E-state index is 0.00546. The summed E-state index contributed by atoms with van der Waals surface area (Å²) >= 11 is 0. The van der Waals surface area contributed by atoms with Crippen LogP contribution in [0.25, 0.3) is 0 Å². The highest BCUT2D eigenvalue weighted by atomic mass is 28.4. The Morgan fingerprint density at radius 2 is 1.94 bits per heavy atom. The molecule has 1 N–H and O–H groups in total. The van der Waals surface area contributed by atoms with Crippen molar-refractivity contribution in [2.75, 3.05) is 0 Å². The van der Waals surface area contributed by atoms with Gasteiger partial charge in [0.05, 0.1) is 12.2 Å². The third kappa shape index (κ3) is 2.96. The van der Waals surface area contributed by atoms with E-state index in [9.17, 15) is 5.11 Å². The van der Waals surface area contributed by atoms with E-state index in [2.05, 4.69) is 39.9 Å². The summed E-state index contributed by atoms with van der Waals surface area (Å²) in [5.41, 5.74) is 1.06. The van der Waals surface area contributed by atoms with Gasteiger partial charge in [-0.15, -0.1) is 0 Å². The van der Waals surface area contributed by atoms with Gasteiger partial charge in [0.15, 0.2) is 8.32 Å². The van der Waals surface area contributed by atoms with Crippen LogP contribution >= 0.6 is 0 Å². The van der Waals surface area contributed by atoms with Gasteiger partial charge in [0.25, 0.3) is 0 Å². The van der Waals surface area contributed by atoms with E-state index in [1.165, 1.54) is 0 Å². The SMILES string of the molecule is CC1=CCC[C@@H](O[Si](C)(C)C(C)(C)C)[C@H]1O. The Labute approximate surface area is 101 Å². The summed E-state index contributed by atoms with van der Waals surface area (Å²) in [5.74, 6) is 0. The average molecular weight is 242 g/mol. The number of hydrogen-bond acceptors (Lipinski definition) is 2. The van der Waals surface area contributed by atoms with E-state index >= 15 is 0 Å². The van der Waals surface area contributed by atoms with Gasteiger partial charge in [0.1, 0.15) is 0 Å². The summed E-state index contributed by atoms with van der Waals surface area (Å²) < 4.78 is 6.27. The van der Waals surface area contributed by atoms with E-state index in [4.69, 9.17) is 4.43 Å². The lowest BCUT2D eigenvalue weighted by atomic mass is 9.95. The second kappa shape index (κ2) is 4.63. The first-order valence-corrected chi connectivity index (χ1v) is 9.08. The zero-order valence-electron chi connectivity index (χ0n) is 11.5. The van der Waals surface area contributed by atoms with Gasteiger partial charge in [0, 0.05) is 0 Å². The number of aliphatic hydroxyl groups is 1. The minimum atomic E-state index is -1.75. The summed E-state index contributed by atoms with van der Waals surface area (Å²) in [6, 6.07) is 0. The fourth-order valence-electron chi connectivity index (χ4n) is 1.73. The summed E-state index contributed by atoms with van der Waals surface area (Å²) in [6.07, 6.45) is 3.71. The molecule has 0 bridgehead atoms. The largest absolute Gasteiger partial charge is 0.411 e. The molecule has 1 rings (SSSR count). The Morgan fingerprint density at radius 1 is 1.38 bits per heavy atom. The molecule has 0 fully saturated rings. The molecule has 0 aromatic carbocycles. The Balaban J connectivity index is 2.72. The summed E-state index contributed by atoms with van der Waals surface area (Å²) in [4.78, 5) is 0. The maximum Gasteiger partial charge on any atom is 0.192 e. The average Bonchev–Trinajstić information content (AvgIpc) is 2.11. The van der Waals surface area contributed by atoms with Crippen molar-refractivity contribution in [3.05, 3.63) is 11.6 Å². The smallest absolute Gasteiger partial charge is 0.192 e. The van der Waals surface area contributed by atoms with Crippen molar-refractivity contribution < 1.29 is 9.53 Å². The van der Waals surface area contributed by atoms with Gasteiger partial charge in [-0.2, -0.15) is 0 Å². The molecular formula is C13H26O2Si. The zero-order valence-corrected chi connectivity index (χ0v) is 12.5. The molecule has 3 heteroatoms. The Hall–Kier alpha value is -0.123. The van der Waals surface area contributed by atoms with Crippen LogP contribution in [0.1, 0.15) is 40.5 Å². The first kappa shape index (κ1) is 13.9. The van der Waals surface area contributed by atoms with Gasteiger partial charge in [0.2, 0.25) is 0 Å². The van der Waals surface area contributed by atoms with Crippen molar-refractivity contribution in [2.45, 2.75) is 70.9 Å². The third-order valence-electron chi connectivity index (χ3n) is 3.99. The van der Waals surface area contributed by atoms with Crippen LogP contribution in [0.5, 0.6) is 0 Å². The van der Waals surface area contributed by atoms with E-state index in [1.54, 1.807) is 0 Å². The highest BCUT2D eigenvalue weighted by molar-refractivity contribution is 6.74. The van der Waals surface area contributed by atoms with E-state index in [0.29, 0.717) is 0 Å². The number of aliphatic hydroxyl groups excluding tert-OH is 1. The highest BCUT2D eigenvalue weighted by Crippen LogP contribution is 2.39. The van der Waals surface area contributed by atoms with Gasteiger partial charge in [-0.3, -0.25) is 0 Å². The van der Waals surface area contributed by atoms with Gasteiger partial charge >= 0.3 is 0 Å². The molecule has 0 amide bonds. The second-order valence-corrected chi connectivity index (χ2v) is 11.1. The molecule has 0 unspecified atom stereocenters. The lowest BCUT2D eigenvalue weighted by Crippen LogP contribution is -2.47. The van der Waals surface area contributed by atoms with Gasteiger partial charge in [-0.05, 0) is 43.5 Å².